The van der Waals surface area contributed by atoms with Crippen molar-refractivity contribution in [2.24, 2.45) is 7.05 Å². The molecule has 0 unspecified atom stereocenters. The number of carbonyl (C=O) groups excluding carboxylic acids is 1. The average molecular weight is 178 g/mol. The molecule has 3 nitrogen and oxygen atoms in total. The number of aromatic nitrogens is 2. The molecule has 0 saturated heterocycles. The first-order valence-electron chi connectivity index (χ1n) is 3.79. The average Bonchev–Trinajstić information content (AvgIpc) is 2.46. The van der Waals surface area contributed by atoms with Crippen LogP contribution in [0.25, 0.3) is 10.9 Å². The number of aryl methyl sites for hydroxylation is 1. The number of halogens is 1. The summed E-state index contributed by atoms with van der Waals surface area (Å²) >= 11 is 0. The van der Waals surface area contributed by atoms with E-state index in [1.165, 1.54) is 18.3 Å². The fraction of sp³-hybridized carbons (Fsp3) is 0.111. The van der Waals surface area contributed by atoms with Crippen LogP contribution in [0.3, 0.4) is 0 Å². The zero-order chi connectivity index (χ0) is 9.42. The van der Waals surface area contributed by atoms with Crippen molar-refractivity contribution in [3.63, 3.8) is 0 Å². The van der Waals surface area contributed by atoms with E-state index in [4.69, 9.17) is 0 Å². The molecule has 1 aromatic heterocycles. The minimum Gasteiger partial charge on any atom is -0.298 e. The first-order valence-corrected chi connectivity index (χ1v) is 3.79. The van der Waals surface area contributed by atoms with Gasteiger partial charge in [-0.15, -0.1) is 0 Å². The highest BCUT2D eigenvalue weighted by atomic mass is 19.1. The highest BCUT2D eigenvalue weighted by Gasteiger charge is 2.07. The molecule has 2 rings (SSSR count). The van der Waals surface area contributed by atoms with Gasteiger partial charge in [-0.05, 0) is 12.1 Å². The number of hydrogen-bond acceptors (Lipinski definition) is 2. The third-order valence-corrected chi connectivity index (χ3v) is 1.95. The van der Waals surface area contributed by atoms with Crippen LogP contribution in [0.4, 0.5) is 4.39 Å². The third-order valence-electron chi connectivity index (χ3n) is 1.95. The molecule has 0 aliphatic rings. The van der Waals surface area contributed by atoms with Gasteiger partial charge in [0.25, 0.3) is 0 Å². The summed E-state index contributed by atoms with van der Waals surface area (Å²) in [6.07, 6.45) is 2.17. The molecule has 4 heteroatoms. The SMILES string of the molecule is Cn1ncc2cc(F)cc(C=O)c21. The number of benzene rings is 1. The Morgan fingerprint density at radius 2 is 2.31 bits per heavy atom. The summed E-state index contributed by atoms with van der Waals surface area (Å²) in [4.78, 5) is 10.6. The minimum absolute atomic E-state index is 0.329. The molecule has 2 aromatic rings. The van der Waals surface area contributed by atoms with Gasteiger partial charge in [-0.3, -0.25) is 9.48 Å². The van der Waals surface area contributed by atoms with Crippen LogP contribution in [0.1, 0.15) is 10.4 Å². The predicted molar refractivity (Wildman–Crippen MR) is 46.1 cm³/mol. The Labute approximate surface area is 73.8 Å². The van der Waals surface area contributed by atoms with Crippen molar-refractivity contribution in [1.29, 1.82) is 0 Å². The molecule has 66 valence electrons. The molecular weight excluding hydrogens is 171 g/mol. The maximum atomic E-state index is 12.9. The van der Waals surface area contributed by atoms with Gasteiger partial charge >= 0.3 is 0 Å². The first kappa shape index (κ1) is 7.91. The lowest BCUT2D eigenvalue weighted by Gasteiger charge is -1.97. The van der Waals surface area contributed by atoms with Crippen molar-refractivity contribution in [2.45, 2.75) is 0 Å². The number of aldehydes is 1. The van der Waals surface area contributed by atoms with Gasteiger partial charge in [0.05, 0.1) is 11.7 Å². The van der Waals surface area contributed by atoms with Crippen LogP contribution >= 0.6 is 0 Å². The third kappa shape index (κ3) is 1.11. The monoisotopic (exact) mass is 178 g/mol. The van der Waals surface area contributed by atoms with Crippen molar-refractivity contribution < 1.29 is 9.18 Å². The number of fused-ring (bicyclic) bond motifs is 1. The Kier molecular flexibility index (Phi) is 1.62. The summed E-state index contributed by atoms with van der Waals surface area (Å²) in [6.45, 7) is 0. The van der Waals surface area contributed by atoms with E-state index in [0.29, 0.717) is 22.8 Å². The van der Waals surface area contributed by atoms with Gasteiger partial charge in [0.1, 0.15) is 5.82 Å². The maximum absolute atomic E-state index is 12.9. The van der Waals surface area contributed by atoms with E-state index < -0.39 is 5.82 Å². The van der Waals surface area contributed by atoms with Crippen LogP contribution in [0.15, 0.2) is 18.3 Å². The summed E-state index contributed by atoms with van der Waals surface area (Å²) < 4.78 is 14.5. The molecule has 0 fully saturated rings. The van der Waals surface area contributed by atoms with Crippen molar-refractivity contribution in [1.82, 2.24) is 9.78 Å². The molecule has 0 amide bonds. The summed E-state index contributed by atoms with van der Waals surface area (Å²) in [5, 5.41) is 4.58. The van der Waals surface area contributed by atoms with Crippen LogP contribution in [-0.4, -0.2) is 16.1 Å². The number of hydrogen-bond donors (Lipinski definition) is 0. The predicted octanol–water partition coefficient (Wildman–Crippen LogP) is 1.52. The Morgan fingerprint density at radius 1 is 1.54 bits per heavy atom. The molecule has 13 heavy (non-hydrogen) atoms. The van der Waals surface area contributed by atoms with Crippen LogP contribution in [0.2, 0.25) is 0 Å². The van der Waals surface area contributed by atoms with E-state index in [1.807, 2.05) is 0 Å². The number of carbonyl (C=O) groups is 1. The highest BCUT2D eigenvalue weighted by Crippen LogP contribution is 2.18. The van der Waals surface area contributed by atoms with Crippen molar-refractivity contribution in [2.75, 3.05) is 0 Å². The molecule has 0 N–H and O–H groups in total. The number of rotatable bonds is 1. The maximum Gasteiger partial charge on any atom is 0.152 e. The minimum atomic E-state index is -0.414. The Morgan fingerprint density at radius 3 is 3.00 bits per heavy atom. The van der Waals surface area contributed by atoms with E-state index in [9.17, 15) is 9.18 Å². The van der Waals surface area contributed by atoms with Crippen LogP contribution in [-0.2, 0) is 7.05 Å². The number of nitrogens with zero attached hydrogens (tertiary/aromatic N) is 2. The van der Waals surface area contributed by atoms with Gasteiger partial charge in [0, 0.05) is 18.0 Å². The van der Waals surface area contributed by atoms with Crippen molar-refractivity contribution in [3.05, 3.63) is 29.7 Å². The summed E-state index contributed by atoms with van der Waals surface area (Å²) in [6, 6.07) is 2.56. The standard InChI is InChI=1S/C9H7FN2O/c1-12-9-6(4-11-12)2-8(10)3-7(9)5-13/h2-5H,1H3. The van der Waals surface area contributed by atoms with Gasteiger partial charge in [0.15, 0.2) is 6.29 Å². The second-order valence-corrected chi connectivity index (χ2v) is 2.82. The Hall–Kier alpha value is -1.71. The van der Waals surface area contributed by atoms with Crippen molar-refractivity contribution >= 4 is 17.2 Å². The smallest absolute Gasteiger partial charge is 0.152 e. The zero-order valence-corrected chi connectivity index (χ0v) is 6.99. The van der Waals surface area contributed by atoms with Crippen LogP contribution in [0.5, 0.6) is 0 Å². The molecule has 1 heterocycles. The molecule has 0 aliphatic heterocycles. The quantitative estimate of drug-likeness (QED) is 0.620. The molecule has 0 radical (unpaired) electrons. The Bertz CT molecular complexity index is 476. The second-order valence-electron chi connectivity index (χ2n) is 2.82. The van der Waals surface area contributed by atoms with Gasteiger partial charge < -0.3 is 0 Å². The van der Waals surface area contributed by atoms with Gasteiger partial charge in [0.2, 0.25) is 0 Å². The summed E-state index contributed by atoms with van der Waals surface area (Å²) in [7, 11) is 1.72. The van der Waals surface area contributed by atoms with E-state index in [0.717, 1.165) is 0 Å². The lowest BCUT2D eigenvalue weighted by molar-refractivity contribution is 0.112. The van der Waals surface area contributed by atoms with Crippen molar-refractivity contribution in [3.8, 4) is 0 Å². The molecular formula is C9H7FN2O. The summed E-state index contributed by atoms with van der Waals surface area (Å²) in [5.41, 5.74) is 0.992. The van der Waals surface area contributed by atoms with E-state index in [1.54, 1.807) is 11.7 Å². The van der Waals surface area contributed by atoms with E-state index in [2.05, 4.69) is 5.10 Å². The van der Waals surface area contributed by atoms with Gasteiger partial charge in [-0.25, -0.2) is 4.39 Å². The van der Waals surface area contributed by atoms with Crippen LogP contribution < -0.4 is 0 Å². The normalized spacial score (nSPS) is 10.6. The molecule has 0 bridgehead atoms. The lowest BCUT2D eigenvalue weighted by atomic mass is 10.1. The Balaban J connectivity index is 2.92. The van der Waals surface area contributed by atoms with Gasteiger partial charge in [-0.2, -0.15) is 5.10 Å². The first-order chi connectivity index (χ1) is 6.22. The summed E-state index contributed by atoms with van der Waals surface area (Å²) in [5.74, 6) is -0.414. The fourth-order valence-corrected chi connectivity index (χ4v) is 1.41. The topological polar surface area (TPSA) is 34.9 Å². The molecule has 1 aromatic carbocycles. The second kappa shape index (κ2) is 2.65. The van der Waals surface area contributed by atoms with Crippen LogP contribution in [0, 0.1) is 5.82 Å². The fourth-order valence-electron chi connectivity index (χ4n) is 1.41. The van der Waals surface area contributed by atoms with Gasteiger partial charge in [-0.1, -0.05) is 0 Å². The zero-order valence-electron chi connectivity index (χ0n) is 6.99. The molecule has 0 aliphatic carbocycles. The van der Waals surface area contributed by atoms with E-state index in [-0.39, 0.29) is 0 Å². The molecule has 0 spiro atoms. The lowest BCUT2D eigenvalue weighted by Crippen LogP contribution is -1.94. The molecule has 0 atom stereocenters. The molecule has 0 saturated carbocycles. The highest BCUT2D eigenvalue weighted by molar-refractivity contribution is 5.95. The largest absolute Gasteiger partial charge is 0.298 e. The van der Waals surface area contributed by atoms with E-state index >= 15 is 0 Å².